The van der Waals surface area contributed by atoms with Crippen LogP contribution in [0.15, 0.2) is 24.3 Å². The Balaban J connectivity index is 1.63. The summed E-state index contributed by atoms with van der Waals surface area (Å²) in [6.07, 6.45) is 6.96. The maximum atomic E-state index is 13.0. The number of benzene rings is 1. The molecule has 0 radical (unpaired) electrons. The van der Waals surface area contributed by atoms with E-state index in [-0.39, 0.29) is 11.4 Å². The molecule has 0 amide bonds. The van der Waals surface area contributed by atoms with Crippen LogP contribution in [0.4, 0.5) is 4.39 Å². The van der Waals surface area contributed by atoms with Gasteiger partial charge in [0.05, 0.1) is 0 Å². The molecule has 0 aliphatic heterocycles. The van der Waals surface area contributed by atoms with Gasteiger partial charge in [0.2, 0.25) is 0 Å². The lowest BCUT2D eigenvalue weighted by Gasteiger charge is -2.30. The predicted molar refractivity (Wildman–Crippen MR) is 80.1 cm³/mol. The molecule has 0 bridgehead atoms. The Labute approximate surface area is 121 Å². The first-order chi connectivity index (χ1) is 9.59. The summed E-state index contributed by atoms with van der Waals surface area (Å²) < 4.78 is 13.0. The summed E-state index contributed by atoms with van der Waals surface area (Å²) >= 11 is 0. The highest BCUT2D eigenvalue weighted by atomic mass is 19.1. The second-order valence-electron chi connectivity index (χ2n) is 6.62. The van der Waals surface area contributed by atoms with Crippen LogP contribution in [0.5, 0.6) is 0 Å². The van der Waals surface area contributed by atoms with Crippen molar-refractivity contribution in [3.63, 3.8) is 0 Å². The molecular formula is C17H25FN2. The van der Waals surface area contributed by atoms with Gasteiger partial charge in [-0.25, -0.2) is 4.39 Å². The van der Waals surface area contributed by atoms with Crippen molar-refractivity contribution in [1.29, 1.82) is 0 Å². The zero-order valence-electron chi connectivity index (χ0n) is 12.3. The summed E-state index contributed by atoms with van der Waals surface area (Å²) in [5.74, 6) is -0.171. The van der Waals surface area contributed by atoms with Crippen LogP contribution < -0.4 is 5.73 Å². The fourth-order valence-corrected chi connectivity index (χ4v) is 3.80. The fourth-order valence-electron chi connectivity index (χ4n) is 3.80. The number of nitrogens with two attached hydrogens (primary N) is 1. The maximum absolute atomic E-state index is 13.0. The Hall–Kier alpha value is -0.930. The van der Waals surface area contributed by atoms with Gasteiger partial charge in [0.25, 0.3) is 0 Å². The van der Waals surface area contributed by atoms with Gasteiger partial charge in [0.15, 0.2) is 0 Å². The molecule has 2 N–H and O–H groups in total. The van der Waals surface area contributed by atoms with Gasteiger partial charge in [-0.05, 0) is 62.8 Å². The average Bonchev–Trinajstić information content (AvgIpc) is 3.18. The Kier molecular flexibility index (Phi) is 3.83. The molecule has 1 aromatic carbocycles. The first kappa shape index (κ1) is 14.0. The monoisotopic (exact) mass is 276 g/mol. The van der Waals surface area contributed by atoms with Gasteiger partial charge < -0.3 is 5.73 Å². The van der Waals surface area contributed by atoms with Crippen LogP contribution in [0.3, 0.4) is 0 Å². The van der Waals surface area contributed by atoms with E-state index in [0.717, 1.165) is 37.4 Å². The third kappa shape index (κ3) is 3.04. The van der Waals surface area contributed by atoms with E-state index in [4.69, 9.17) is 5.73 Å². The third-order valence-electron chi connectivity index (χ3n) is 4.94. The topological polar surface area (TPSA) is 29.3 Å². The molecule has 2 aliphatic carbocycles. The van der Waals surface area contributed by atoms with Gasteiger partial charge in [-0.2, -0.15) is 0 Å². The zero-order chi connectivity index (χ0) is 14.2. The number of nitrogens with zero attached hydrogens (tertiary/aromatic N) is 1. The van der Waals surface area contributed by atoms with E-state index in [1.165, 1.54) is 31.4 Å². The standard InChI is InChI=1S/C17H25FN2/c1-2-20(15-7-8-15)16-9-10-17(19,12-16)11-13-3-5-14(18)6-4-13/h3-6,15-16H,2,7-12,19H2,1H3. The number of hydrogen-bond acceptors (Lipinski definition) is 2. The predicted octanol–water partition coefficient (Wildman–Crippen LogP) is 3.10. The normalized spacial score (nSPS) is 30.1. The molecule has 2 unspecified atom stereocenters. The lowest BCUT2D eigenvalue weighted by Crippen LogP contribution is -2.43. The van der Waals surface area contributed by atoms with Gasteiger partial charge in [-0.1, -0.05) is 19.1 Å². The van der Waals surface area contributed by atoms with Gasteiger partial charge >= 0.3 is 0 Å². The van der Waals surface area contributed by atoms with E-state index in [9.17, 15) is 4.39 Å². The van der Waals surface area contributed by atoms with Crippen LogP contribution in [0.25, 0.3) is 0 Å². The summed E-state index contributed by atoms with van der Waals surface area (Å²) in [5, 5.41) is 0. The van der Waals surface area contributed by atoms with E-state index in [0.29, 0.717) is 6.04 Å². The molecule has 1 aromatic rings. The summed E-state index contributed by atoms with van der Waals surface area (Å²) in [5.41, 5.74) is 7.66. The molecule has 0 aromatic heterocycles. The minimum atomic E-state index is -0.171. The highest BCUT2D eigenvalue weighted by Crippen LogP contribution is 2.38. The van der Waals surface area contributed by atoms with Crippen molar-refractivity contribution in [3.05, 3.63) is 35.6 Å². The van der Waals surface area contributed by atoms with Crippen LogP contribution in [0, 0.1) is 5.82 Å². The highest BCUT2D eigenvalue weighted by Gasteiger charge is 2.41. The molecule has 110 valence electrons. The summed E-state index contributed by atoms with van der Waals surface area (Å²) in [6.45, 7) is 3.40. The van der Waals surface area contributed by atoms with Crippen molar-refractivity contribution in [1.82, 2.24) is 4.90 Å². The summed E-state index contributed by atoms with van der Waals surface area (Å²) in [7, 11) is 0. The molecular weight excluding hydrogens is 251 g/mol. The first-order valence-electron chi connectivity index (χ1n) is 7.89. The van der Waals surface area contributed by atoms with Gasteiger partial charge in [0, 0.05) is 17.6 Å². The van der Waals surface area contributed by atoms with Gasteiger partial charge in [0.1, 0.15) is 5.82 Å². The molecule has 2 aliphatic rings. The van der Waals surface area contributed by atoms with Crippen LogP contribution in [-0.2, 0) is 6.42 Å². The van der Waals surface area contributed by atoms with Crippen LogP contribution in [-0.4, -0.2) is 29.1 Å². The van der Waals surface area contributed by atoms with E-state index in [2.05, 4.69) is 11.8 Å². The second kappa shape index (κ2) is 5.45. The number of rotatable bonds is 5. The number of halogens is 1. The van der Waals surface area contributed by atoms with Crippen molar-refractivity contribution >= 4 is 0 Å². The van der Waals surface area contributed by atoms with Crippen LogP contribution >= 0.6 is 0 Å². The average molecular weight is 276 g/mol. The highest BCUT2D eigenvalue weighted by molar-refractivity contribution is 5.20. The Morgan fingerprint density at radius 2 is 1.90 bits per heavy atom. The maximum Gasteiger partial charge on any atom is 0.123 e. The molecule has 0 saturated heterocycles. The molecule has 2 nitrogen and oxygen atoms in total. The minimum Gasteiger partial charge on any atom is -0.325 e. The molecule has 2 fully saturated rings. The molecule has 20 heavy (non-hydrogen) atoms. The molecule has 0 heterocycles. The van der Waals surface area contributed by atoms with E-state index < -0.39 is 0 Å². The lowest BCUT2D eigenvalue weighted by molar-refractivity contribution is 0.191. The largest absolute Gasteiger partial charge is 0.325 e. The second-order valence-corrected chi connectivity index (χ2v) is 6.62. The fraction of sp³-hybridized carbons (Fsp3) is 0.647. The van der Waals surface area contributed by atoms with Crippen molar-refractivity contribution in [2.24, 2.45) is 5.73 Å². The van der Waals surface area contributed by atoms with Gasteiger partial charge in [-0.3, -0.25) is 4.90 Å². The van der Waals surface area contributed by atoms with Gasteiger partial charge in [-0.15, -0.1) is 0 Å². The molecule has 0 spiro atoms. The van der Waals surface area contributed by atoms with E-state index >= 15 is 0 Å². The third-order valence-corrected chi connectivity index (χ3v) is 4.94. The smallest absolute Gasteiger partial charge is 0.123 e. The Morgan fingerprint density at radius 1 is 1.20 bits per heavy atom. The minimum absolute atomic E-state index is 0.106. The molecule has 3 heteroatoms. The van der Waals surface area contributed by atoms with Crippen molar-refractivity contribution in [3.8, 4) is 0 Å². The van der Waals surface area contributed by atoms with Crippen molar-refractivity contribution in [2.45, 2.75) is 63.1 Å². The van der Waals surface area contributed by atoms with E-state index in [1.807, 2.05) is 12.1 Å². The van der Waals surface area contributed by atoms with E-state index in [1.54, 1.807) is 0 Å². The van der Waals surface area contributed by atoms with Crippen molar-refractivity contribution in [2.75, 3.05) is 6.54 Å². The quantitative estimate of drug-likeness (QED) is 0.895. The summed E-state index contributed by atoms with van der Waals surface area (Å²) in [6, 6.07) is 8.28. The zero-order valence-corrected chi connectivity index (χ0v) is 12.3. The molecule has 3 rings (SSSR count). The van der Waals surface area contributed by atoms with Crippen LogP contribution in [0.1, 0.15) is 44.6 Å². The van der Waals surface area contributed by atoms with Crippen molar-refractivity contribution < 1.29 is 4.39 Å². The summed E-state index contributed by atoms with van der Waals surface area (Å²) in [4.78, 5) is 2.65. The number of hydrogen-bond donors (Lipinski definition) is 1. The van der Waals surface area contributed by atoms with Crippen LogP contribution in [0.2, 0.25) is 0 Å². The lowest BCUT2D eigenvalue weighted by atomic mass is 9.90. The molecule has 2 saturated carbocycles. The Morgan fingerprint density at radius 3 is 2.50 bits per heavy atom. The SMILES string of the molecule is CCN(C1CC1)C1CCC(N)(Cc2ccc(F)cc2)C1. The molecule has 2 atom stereocenters. The Bertz CT molecular complexity index is 455. The first-order valence-corrected chi connectivity index (χ1v) is 7.89.